The Balaban J connectivity index is 1.76. The van der Waals surface area contributed by atoms with Crippen LogP contribution in [0.5, 0.6) is 0 Å². The number of hydrogen-bond acceptors (Lipinski definition) is 6. The highest BCUT2D eigenvalue weighted by molar-refractivity contribution is 5.99. The average Bonchev–Trinajstić information content (AvgIpc) is 3.41. The van der Waals surface area contributed by atoms with E-state index in [0.29, 0.717) is 25.4 Å². The summed E-state index contributed by atoms with van der Waals surface area (Å²) in [6.45, 7) is 5.57. The average molecular weight is 529 g/mol. The summed E-state index contributed by atoms with van der Waals surface area (Å²) in [4.78, 5) is 31.9. The van der Waals surface area contributed by atoms with Crippen LogP contribution in [-0.4, -0.2) is 58.6 Å². The van der Waals surface area contributed by atoms with Gasteiger partial charge in [0.15, 0.2) is 0 Å². The summed E-state index contributed by atoms with van der Waals surface area (Å²) in [6, 6.07) is 7.15. The summed E-state index contributed by atoms with van der Waals surface area (Å²) in [5.74, 6) is -1.64. The lowest BCUT2D eigenvalue weighted by Crippen LogP contribution is -2.48. The molecule has 0 radical (unpaired) electrons. The number of carbonyl (C=O) groups excluding carboxylic acids is 2. The SMILES string of the molecule is CCCN(CCC)C(=O)c1cncc(C(=O)N[C@@H](Cc2cc(F)cc(F)c2)[C@H](O)CNCc2ccco2)c1. The van der Waals surface area contributed by atoms with E-state index in [1.54, 1.807) is 17.0 Å². The van der Waals surface area contributed by atoms with Crippen LogP contribution in [0.15, 0.2) is 59.5 Å². The number of benzene rings is 1. The van der Waals surface area contributed by atoms with Crippen LogP contribution >= 0.6 is 0 Å². The summed E-state index contributed by atoms with van der Waals surface area (Å²) < 4.78 is 32.9. The van der Waals surface area contributed by atoms with Gasteiger partial charge < -0.3 is 25.1 Å². The third-order valence-corrected chi connectivity index (χ3v) is 5.91. The fourth-order valence-corrected chi connectivity index (χ4v) is 4.13. The monoisotopic (exact) mass is 528 g/mol. The fraction of sp³-hybridized carbons (Fsp3) is 0.393. The van der Waals surface area contributed by atoms with Gasteiger partial charge in [-0.1, -0.05) is 13.8 Å². The van der Waals surface area contributed by atoms with Crippen LogP contribution in [0.25, 0.3) is 0 Å². The molecule has 0 saturated carbocycles. The lowest BCUT2D eigenvalue weighted by molar-refractivity contribution is 0.0755. The number of nitrogens with zero attached hydrogens (tertiary/aromatic N) is 2. The van der Waals surface area contributed by atoms with Crippen LogP contribution in [0.2, 0.25) is 0 Å². The number of halogens is 2. The molecule has 3 aromatic rings. The number of nitrogens with one attached hydrogen (secondary N) is 2. The van der Waals surface area contributed by atoms with E-state index >= 15 is 0 Å². The highest BCUT2D eigenvalue weighted by Crippen LogP contribution is 2.14. The molecule has 3 N–H and O–H groups in total. The van der Waals surface area contributed by atoms with Crippen LogP contribution in [0.1, 0.15) is 58.7 Å². The number of pyridine rings is 1. The molecule has 0 aliphatic rings. The summed E-state index contributed by atoms with van der Waals surface area (Å²) in [5.41, 5.74) is 0.689. The van der Waals surface area contributed by atoms with Gasteiger partial charge in [0.2, 0.25) is 0 Å². The van der Waals surface area contributed by atoms with Crippen molar-refractivity contribution >= 4 is 11.8 Å². The number of aliphatic hydroxyl groups is 1. The van der Waals surface area contributed by atoms with Crippen molar-refractivity contribution in [1.29, 1.82) is 0 Å². The minimum absolute atomic E-state index is 0.0309. The van der Waals surface area contributed by atoms with E-state index in [1.807, 2.05) is 13.8 Å². The standard InChI is InChI=1S/C28H34F2N4O4/c1-3-7-34(8-4-2)28(37)21-13-20(15-31-16-21)27(36)33-25(12-19-10-22(29)14-23(30)11-19)26(35)18-32-17-24-6-5-9-38-24/h5-6,9-11,13-16,25-26,32,35H,3-4,7-8,12,17-18H2,1-2H3,(H,33,36)/t25-,26+/m0/s1. The molecule has 38 heavy (non-hydrogen) atoms. The van der Waals surface area contributed by atoms with E-state index in [4.69, 9.17) is 4.42 Å². The number of furan rings is 1. The van der Waals surface area contributed by atoms with Crippen LogP contribution in [0.3, 0.4) is 0 Å². The molecule has 2 atom stereocenters. The lowest BCUT2D eigenvalue weighted by atomic mass is 10.00. The number of rotatable bonds is 14. The molecule has 0 unspecified atom stereocenters. The maximum Gasteiger partial charge on any atom is 0.255 e. The Kier molecular flexibility index (Phi) is 10.9. The molecule has 0 aliphatic carbocycles. The van der Waals surface area contributed by atoms with Crippen molar-refractivity contribution in [3.8, 4) is 0 Å². The number of amides is 2. The van der Waals surface area contributed by atoms with E-state index in [2.05, 4.69) is 15.6 Å². The quantitative estimate of drug-likeness (QED) is 0.295. The zero-order valence-electron chi connectivity index (χ0n) is 21.6. The van der Waals surface area contributed by atoms with Crippen molar-refractivity contribution in [2.75, 3.05) is 19.6 Å². The number of carbonyl (C=O) groups is 2. The molecule has 8 nitrogen and oxygen atoms in total. The van der Waals surface area contributed by atoms with Crippen LogP contribution in [0, 0.1) is 11.6 Å². The summed E-state index contributed by atoms with van der Waals surface area (Å²) >= 11 is 0. The second-order valence-electron chi connectivity index (χ2n) is 9.09. The molecular weight excluding hydrogens is 494 g/mol. The first-order chi connectivity index (χ1) is 18.3. The second-order valence-corrected chi connectivity index (χ2v) is 9.09. The molecule has 2 heterocycles. The van der Waals surface area contributed by atoms with Gasteiger partial charge in [0.05, 0.1) is 36.1 Å². The Hall–Kier alpha value is -3.63. The first-order valence-corrected chi connectivity index (χ1v) is 12.7. The highest BCUT2D eigenvalue weighted by atomic mass is 19.1. The molecule has 0 fully saturated rings. The van der Waals surface area contributed by atoms with Crippen molar-refractivity contribution < 1.29 is 27.9 Å². The minimum Gasteiger partial charge on any atom is -0.468 e. The zero-order valence-corrected chi connectivity index (χ0v) is 21.6. The first kappa shape index (κ1) is 28.9. The van der Waals surface area contributed by atoms with Crippen LogP contribution < -0.4 is 10.6 Å². The van der Waals surface area contributed by atoms with Gasteiger partial charge in [-0.15, -0.1) is 0 Å². The normalized spacial score (nSPS) is 12.7. The number of hydrogen-bond donors (Lipinski definition) is 3. The summed E-state index contributed by atoms with van der Waals surface area (Å²) in [5, 5.41) is 16.7. The molecule has 10 heteroatoms. The Morgan fingerprint density at radius 1 is 1.05 bits per heavy atom. The lowest BCUT2D eigenvalue weighted by Gasteiger charge is -2.25. The van der Waals surface area contributed by atoms with Crippen molar-refractivity contribution in [2.24, 2.45) is 0 Å². The maximum atomic E-state index is 13.8. The van der Waals surface area contributed by atoms with E-state index in [9.17, 15) is 23.5 Å². The smallest absolute Gasteiger partial charge is 0.255 e. The molecule has 0 bridgehead atoms. The fourth-order valence-electron chi connectivity index (χ4n) is 4.13. The topological polar surface area (TPSA) is 108 Å². The van der Waals surface area contributed by atoms with Gasteiger partial charge in [-0.05, 0) is 55.2 Å². The molecule has 204 valence electrons. The van der Waals surface area contributed by atoms with Gasteiger partial charge in [-0.2, -0.15) is 0 Å². The highest BCUT2D eigenvalue weighted by Gasteiger charge is 2.24. The van der Waals surface area contributed by atoms with Gasteiger partial charge in [0.1, 0.15) is 17.4 Å². The van der Waals surface area contributed by atoms with Gasteiger partial charge in [-0.3, -0.25) is 14.6 Å². The second kappa shape index (κ2) is 14.3. The maximum absolute atomic E-state index is 13.8. The third-order valence-electron chi connectivity index (χ3n) is 5.91. The summed E-state index contributed by atoms with van der Waals surface area (Å²) in [6.07, 6.45) is 4.74. The van der Waals surface area contributed by atoms with E-state index in [-0.39, 0.29) is 35.6 Å². The van der Waals surface area contributed by atoms with Gasteiger partial charge in [0, 0.05) is 38.1 Å². The van der Waals surface area contributed by atoms with Crippen molar-refractivity contribution in [3.05, 3.63) is 89.1 Å². The van der Waals surface area contributed by atoms with E-state index in [0.717, 1.165) is 31.0 Å². The van der Waals surface area contributed by atoms with Gasteiger partial charge in [0.25, 0.3) is 11.8 Å². The third kappa shape index (κ3) is 8.46. The summed E-state index contributed by atoms with van der Waals surface area (Å²) in [7, 11) is 0. The Morgan fingerprint density at radius 3 is 2.37 bits per heavy atom. The number of aliphatic hydroxyl groups excluding tert-OH is 1. The predicted octanol–water partition coefficient (Wildman–Crippen LogP) is 3.71. The number of aromatic nitrogens is 1. The van der Waals surface area contributed by atoms with Crippen molar-refractivity contribution in [3.63, 3.8) is 0 Å². The zero-order chi connectivity index (χ0) is 27.5. The van der Waals surface area contributed by atoms with Crippen molar-refractivity contribution in [1.82, 2.24) is 20.5 Å². The minimum atomic E-state index is -1.11. The van der Waals surface area contributed by atoms with Crippen molar-refractivity contribution in [2.45, 2.75) is 51.8 Å². The molecular formula is C28H34F2N4O4. The van der Waals surface area contributed by atoms with Crippen LogP contribution in [0.4, 0.5) is 8.78 Å². The Labute approximate surface area is 221 Å². The van der Waals surface area contributed by atoms with Crippen LogP contribution in [-0.2, 0) is 13.0 Å². The van der Waals surface area contributed by atoms with E-state index < -0.39 is 29.7 Å². The molecule has 3 rings (SSSR count). The first-order valence-electron chi connectivity index (χ1n) is 12.7. The molecule has 2 amide bonds. The van der Waals surface area contributed by atoms with Gasteiger partial charge in [-0.25, -0.2) is 8.78 Å². The Bertz CT molecular complexity index is 1160. The molecule has 0 spiro atoms. The molecule has 2 aromatic heterocycles. The van der Waals surface area contributed by atoms with E-state index in [1.165, 1.54) is 24.7 Å². The predicted molar refractivity (Wildman–Crippen MR) is 138 cm³/mol. The molecule has 0 aliphatic heterocycles. The molecule has 1 aromatic carbocycles. The Morgan fingerprint density at radius 2 is 1.74 bits per heavy atom. The largest absolute Gasteiger partial charge is 0.468 e. The molecule has 0 saturated heterocycles. The van der Waals surface area contributed by atoms with Gasteiger partial charge >= 0.3 is 0 Å².